The van der Waals surface area contributed by atoms with Crippen molar-refractivity contribution in [3.05, 3.63) is 71.3 Å². The summed E-state index contributed by atoms with van der Waals surface area (Å²) in [6, 6.07) is 14.3. The predicted molar refractivity (Wildman–Crippen MR) is 138 cm³/mol. The van der Waals surface area contributed by atoms with E-state index >= 15 is 0 Å². The summed E-state index contributed by atoms with van der Waals surface area (Å²) in [4.78, 5) is 66.0. The SMILES string of the molecule is C[C@@H]1CC2OC(=O)[C@]34OC5OC(=O)[C@H](OC(=O)c6ccc(C(=O)c7ccccc7)cc6)C51C23[C@@H](O)[C@@H]1OC(=O)[C@@H](C)[C@@]14O. The van der Waals surface area contributed by atoms with E-state index in [1.54, 1.807) is 37.3 Å². The minimum absolute atomic E-state index is 0.0332. The fraction of sp³-hybridized carbons (Fsp3) is 0.452. The molecule has 2 spiro atoms. The molecule has 4 aliphatic heterocycles. The van der Waals surface area contributed by atoms with Gasteiger partial charge in [-0.1, -0.05) is 49.4 Å². The molecule has 6 aliphatic rings. The maximum atomic E-state index is 13.7. The Balaban J connectivity index is 1.19. The smallest absolute Gasteiger partial charge is 0.350 e. The molecule has 11 atom stereocenters. The van der Waals surface area contributed by atoms with Crippen LogP contribution < -0.4 is 0 Å². The van der Waals surface area contributed by atoms with E-state index in [0.717, 1.165) is 0 Å². The molecule has 2 aromatic rings. The van der Waals surface area contributed by atoms with Crippen molar-refractivity contribution in [1.82, 2.24) is 0 Å². The maximum absolute atomic E-state index is 13.7. The van der Waals surface area contributed by atoms with Gasteiger partial charge in [-0.15, -0.1) is 0 Å². The molecule has 2 saturated carbocycles. The van der Waals surface area contributed by atoms with Crippen molar-refractivity contribution in [1.29, 1.82) is 0 Å². The lowest BCUT2D eigenvalue weighted by atomic mass is 9.54. The van der Waals surface area contributed by atoms with Crippen molar-refractivity contribution in [2.24, 2.45) is 22.7 Å². The number of ketones is 1. The minimum atomic E-state index is -2.35. The lowest BCUT2D eigenvalue weighted by molar-refractivity contribution is -0.238. The van der Waals surface area contributed by atoms with Gasteiger partial charge in [-0.3, -0.25) is 9.59 Å². The summed E-state index contributed by atoms with van der Waals surface area (Å²) in [7, 11) is 0. The molecule has 12 heteroatoms. The average molecular weight is 591 g/mol. The highest BCUT2D eigenvalue weighted by molar-refractivity contribution is 6.09. The van der Waals surface area contributed by atoms with Gasteiger partial charge in [0.2, 0.25) is 18.0 Å². The standard InChI is InChI=1S/C31H26O12/c1-13-12-18-29-20(33)21-30(38,14(2)23(34)40-21)31(29,26(37)39-18)43-27-28(13,29)22(25(36)42-27)41-24(35)17-10-8-16(9-11-17)19(32)15-6-4-3-5-7-15/h3-11,13-14,18,20-22,27,33,38H,12H2,1-2H3/t13-,14-,18?,20+,21+,22+,27?,28?,29?,30-,31+/m1/s1. The highest BCUT2D eigenvalue weighted by Gasteiger charge is 3.03. The molecule has 222 valence electrons. The number of hydrogen-bond acceptors (Lipinski definition) is 12. The second-order valence-electron chi connectivity index (χ2n) is 12.3. The molecule has 0 aromatic heterocycles. The second-order valence-corrected chi connectivity index (χ2v) is 12.3. The van der Waals surface area contributed by atoms with E-state index in [9.17, 15) is 34.2 Å². The van der Waals surface area contributed by atoms with Crippen LogP contribution >= 0.6 is 0 Å². The number of fused-ring (bicyclic) bond motifs is 1. The Bertz CT molecular complexity index is 1640. The highest BCUT2D eigenvalue weighted by atomic mass is 16.8. The number of carbonyl (C=O) groups excluding carboxylic acids is 5. The Morgan fingerprint density at radius 2 is 1.53 bits per heavy atom. The van der Waals surface area contributed by atoms with Crippen LogP contribution in [0.2, 0.25) is 0 Å². The van der Waals surface area contributed by atoms with Crippen molar-refractivity contribution < 1.29 is 57.9 Å². The summed E-state index contributed by atoms with van der Waals surface area (Å²) < 4.78 is 28.8. The van der Waals surface area contributed by atoms with Crippen LogP contribution in [0.15, 0.2) is 54.6 Å². The summed E-state index contributed by atoms with van der Waals surface area (Å²) in [5.74, 6) is -5.84. The second kappa shape index (κ2) is 8.07. The number of carbonyl (C=O) groups is 5. The van der Waals surface area contributed by atoms with Crippen LogP contribution in [0.4, 0.5) is 0 Å². The number of aliphatic hydroxyl groups excluding tert-OH is 1. The van der Waals surface area contributed by atoms with Crippen molar-refractivity contribution in [2.45, 2.75) is 62.2 Å². The molecule has 4 saturated heterocycles. The first-order valence-electron chi connectivity index (χ1n) is 14.1. The first-order chi connectivity index (χ1) is 20.5. The Hall–Kier alpha value is -4.13. The van der Waals surface area contributed by atoms with Gasteiger partial charge in [-0.05, 0) is 31.4 Å². The van der Waals surface area contributed by atoms with E-state index in [-0.39, 0.29) is 17.8 Å². The number of rotatable bonds is 4. The van der Waals surface area contributed by atoms with E-state index < -0.39 is 88.5 Å². The van der Waals surface area contributed by atoms with E-state index in [1.807, 2.05) is 0 Å². The summed E-state index contributed by atoms with van der Waals surface area (Å²) in [6.45, 7) is 3.10. The number of aliphatic hydroxyl groups is 2. The van der Waals surface area contributed by atoms with Gasteiger partial charge >= 0.3 is 23.9 Å². The number of esters is 4. The summed E-state index contributed by atoms with van der Waals surface area (Å²) in [5, 5.41) is 24.0. The molecule has 2 N–H and O–H groups in total. The third kappa shape index (κ3) is 2.56. The zero-order valence-electron chi connectivity index (χ0n) is 22.9. The monoisotopic (exact) mass is 590 g/mol. The van der Waals surface area contributed by atoms with Gasteiger partial charge < -0.3 is 33.9 Å². The normalized spacial score (nSPS) is 44.7. The molecule has 4 heterocycles. The van der Waals surface area contributed by atoms with Crippen LogP contribution in [0.3, 0.4) is 0 Å². The lowest BCUT2D eigenvalue weighted by Crippen LogP contribution is -2.67. The Morgan fingerprint density at radius 3 is 2.23 bits per heavy atom. The summed E-state index contributed by atoms with van der Waals surface area (Å²) >= 11 is 0. The summed E-state index contributed by atoms with van der Waals surface area (Å²) in [6.07, 6.45) is -7.38. The number of hydrogen-bond donors (Lipinski definition) is 2. The molecule has 4 unspecified atom stereocenters. The van der Waals surface area contributed by atoms with Gasteiger partial charge in [0.1, 0.15) is 12.2 Å². The molecule has 6 fully saturated rings. The first-order valence-corrected chi connectivity index (χ1v) is 14.1. The van der Waals surface area contributed by atoms with Gasteiger partial charge in [0.05, 0.1) is 22.3 Å². The molecular formula is C31H26O12. The Morgan fingerprint density at radius 1 is 0.884 bits per heavy atom. The van der Waals surface area contributed by atoms with Crippen LogP contribution in [0.25, 0.3) is 0 Å². The van der Waals surface area contributed by atoms with Crippen LogP contribution in [0.5, 0.6) is 0 Å². The topological polar surface area (TPSA) is 172 Å². The lowest BCUT2D eigenvalue weighted by Gasteiger charge is -2.44. The summed E-state index contributed by atoms with van der Waals surface area (Å²) in [5.41, 5.74) is -7.37. The third-order valence-corrected chi connectivity index (χ3v) is 10.9. The maximum Gasteiger partial charge on any atom is 0.350 e. The van der Waals surface area contributed by atoms with Crippen LogP contribution in [-0.2, 0) is 38.1 Å². The quantitative estimate of drug-likeness (QED) is 0.291. The van der Waals surface area contributed by atoms with Crippen molar-refractivity contribution in [3.8, 4) is 0 Å². The van der Waals surface area contributed by atoms with Crippen LogP contribution in [0.1, 0.15) is 46.5 Å². The van der Waals surface area contributed by atoms with E-state index in [0.29, 0.717) is 11.1 Å². The van der Waals surface area contributed by atoms with Crippen LogP contribution in [0, 0.1) is 22.7 Å². The fourth-order valence-electron chi connectivity index (χ4n) is 9.23. The van der Waals surface area contributed by atoms with Gasteiger partial charge in [-0.2, -0.15) is 0 Å². The molecule has 43 heavy (non-hydrogen) atoms. The first kappa shape index (κ1) is 26.5. The average Bonchev–Trinajstić information content (AvgIpc) is 3.71. The zero-order chi connectivity index (χ0) is 30.3. The molecule has 8 rings (SSSR count). The molecule has 2 aliphatic carbocycles. The molecule has 2 aromatic carbocycles. The molecule has 0 bridgehead atoms. The minimum Gasteiger partial charge on any atom is -0.459 e. The Labute approximate surface area is 243 Å². The third-order valence-electron chi connectivity index (χ3n) is 10.9. The fourth-order valence-corrected chi connectivity index (χ4v) is 9.23. The zero-order valence-corrected chi connectivity index (χ0v) is 22.9. The molecule has 12 nitrogen and oxygen atoms in total. The predicted octanol–water partition coefficient (Wildman–Crippen LogP) is 0.700. The van der Waals surface area contributed by atoms with E-state index in [2.05, 4.69) is 0 Å². The van der Waals surface area contributed by atoms with Crippen molar-refractivity contribution >= 4 is 29.7 Å². The van der Waals surface area contributed by atoms with E-state index in [4.69, 9.17) is 23.7 Å². The van der Waals surface area contributed by atoms with E-state index in [1.165, 1.54) is 31.2 Å². The van der Waals surface area contributed by atoms with Gasteiger partial charge in [0.15, 0.2) is 17.5 Å². The van der Waals surface area contributed by atoms with Gasteiger partial charge in [0, 0.05) is 11.1 Å². The highest BCUT2D eigenvalue weighted by Crippen LogP contribution is 2.83. The van der Waals surface area contributed by atoms with Gasteiger partial charge in [0.25, 0.3) is 0 Å². The largest absolute Gasteiger partial charge is 0.459 e. The van der Waals surface area contributed by atoms with Crippen molar-refractivity contribution in [3.63, 3.8) is 0 Å². The van der Waals surface area contributed by atoms with Crippen molar-refractivity contribution in [2.75, 3.05) is 0 Å². The number of benzene rings is 2. The molecule has 0 amide bonds. The molecule has 0 radical (unpaired) electrons. The molecular weight excluding hydrogens is 564 g/mol. The number of ether oxygens (including phenoxy) is 5. The van der Waals surface area contributed by atoms with Crippen LogP contribution in [-0.4, -0.2) is 81.8 Å². The van der Waals surface area contributed by atoms with Gasteiger partial charge in [-0.25, -0.2) is 14.4 Å². The Kier molecular flexibility index (Phi) is 4.97.